The number of hydrogen-bond donors (Lipinski definition) is 1. The third-order valence-corrected chi connectivity index (χ3v) is 8.38. The van der Waals surface area contributed by atoms with Crippen LogP contribution < -0.4 is 0 Å². The van der Waals surface area contributed by atoms with Crippen molar-refractivity contribution in [3.8, 4) is 0 Å². The molecule has 0 heterocycles. The van der Waals surface area contributed by atoms with Crippen LogP contribution in [0.4, 0.5) is 0 Å². The average molecular weight is 276 g/mol. The van der Waals surface area contributed by atoms with Gasteiger partial charge in [0.2, 0.25) is 0 Å². The van der Waals surface area contributed by atoms with Crippen molar-refractivity contribution < 1.29 is 5.11 Å². The van der Waals surface area contributed by atoms with Gasteiger partial charge in [0.05, 0.1) is 6.10 Å². The summed E-state index contributed by atoms with van der Waals surface area (Å²) in [6.07, 6.45) is 13.9. The van der Waals surface area contributed by atoms with Gasteiger partial charge in [-0.1, -0.05) is 33.1 Å². The van der Waals surface area contributed by atoms with Crippen molar-refractivity contribution in [3.63, 3.8) is 0 Å². The summed E-state index contributed by atoms with van der Waals surface area (Å²) in [5.41, 5.74) is 1.13. The molecule has 114 valence electrons. The second-order valence-corrected chi connectivity index (χ2v) is 9.13. The molecule has 0 aliphatic heterocycles. The van der Waals surface area contributed by atoms with Gasteiger partial charge in [-0.25, -0.2) is 0 Å². The molecular weight excluding hydrogens is 244 g/mol. The molecule has 0 aromatic rings. The summed E-state index contributed by atoms with van der Waals surface area (Å²) >= 11 is 0. The van der Waals surface area contributed by atoms with E-state index in [1.165, 1.54) is 57.8 Å². The van der Waals surface area contributed by atoms with E-state index in [0.717, 1.165) is 24.2 Å². The zero-order valence-corrected chi connectivity index (χ0v) is 13.4. The fourth-order valence-electron chi connectivity index (χ4n) is 7.25. The van der Waals surface area contributed by atoms with E-state index in [9.17, 15) is 5.11 Å². The van der Waals surface area contributed by atoms with E-state index < -0.39 is 0 Å². The summed E-state index contributed by atoms with van der Waals surface area (Å²) < 4.78 is 0. The molecule has 1 N–H and O–H groups in total. The molecule has 0 amide bonds. The van der Waals surface area contributed by atoms with Gasteiger partial charge < -0.3 is 5.11 Å². The Kier molecular flexibility index (Phi) is 3.05. The number of rotatable bonds is 0. The number of aliphatic hydroxyl groups is 1. The molecule has 6 unspecified atom stereocenters. The third-order valence-electron chi connectivity index (χ3n) is 8.38. The largest absolute Gasteiger partial charge is 0.393 e. The lowest BCUT2D eigenvalue weighted by atomic mass is 9.45. The lowest BCUT2D eigenvalue weighted by molar-refractivity contribution is -0.157. The lowest BCUT2D eigenvalue weighted by Crippen LogP contribution is -2.56. The van der Waals surface area contributed by atoms with Crippen LogP contribution in [0.2, 0.25) is 0 Å². The van der Waals surface area contributed by atoms with Crippen LogP contribution in [0.1, 0.15) is 78.1 Å². The van der Waals surface area contributed by atoms with Crippen LogP contribution in [0, 0.1) is 34.5 Å². The van der Waals surface area contributed by atoms with E-state index in [-0.39, 0.29) is 6.10 Å². The van der Waals surface area contributed by atoms with E-state index in [1.807, 2.05) is 0 Å². The van der Waals surface area contributed by atoms with Gasteiger partial charge in [-0.05, 0) is 79.4 Å². The van der Waals surface area contributed by atoms with Crippen molar-refractivity contribution in [2.75, 3.05) is 0 Å². The summed E-state index contributed by atoms with van der Waals surface area (Å²) in [4.78, 5) is 0. The van der Waals surface area contributed by atoms with Gasteiger partial charge in [-0.3, -0.25) is 0 Å². The van der Waals surface area contributed by atoms with Gasteiger partial charge in [0.25, 0.3) is 0 Å². The molecule has 1 nitrogen and oxygen atoms in total. The highest BCUT2D eigenvalue weighted by Gasteiger charge is 2.59. The quantitative estimate of drug-likeness (QED) is 0.675. The Labute approximate surface area is 124 Å². The molecule has 0 saturated heterocycles. The minimum Gasteiger partial charge on any atom is -0.393 e. The molecule has 4 fully saturated rings. The normalized spacial score (nSPS) is 58.6. The molecule has 0 bridgehead atoms. The first-order chi connectivity index (χ1) is 9.55. The van der Waals surface area contributed by atoms with Gasteiger partial charge in [-0.15, -0.1) is 0 Å². The maximum atomic E-state index is 10.9. The van der Waals surface area contributed by atoms with Gasteiger partial charge in [0.1, 0.15) is 0 Å². The van der Waals surface area contributed by atoms with Crippen LogP contribution >= 0.6 is 0 Å². The van der Waals surface area contributed by atoms with Crippen molar-refractivity contribution in [2.24, 2.45) is 34.5 Å². The molecular formula is C19H32O. The molecule has 4 rings (SSSR count). The summed E-state index contributed by atoms with van der Waals surface area (Å²) in [5.74, 6) is 3.11. The number of hydrogen-bond acceptors (Lipinski definition) is 1. The smallest absolute Gasteiger partial charge is 0.0577 e. The summed E-state index contributed by atoms with van der Waals surface area (Å²) in [5, 5.41) is 10.9. The molecule has 1 heteroatoms. The first-order valence-electron chi connectivity index (χ1n) is 9.23. The zero-order chi connectivity index (χ0) is 14.0. The van der Waals surface area contributed by atoms with Crippen LogP contribution in [-0.4, -0.2) is 11.2 Å². The van der Waals surface area contributed by atoms with E-state index >= 15 is 0 Å². The molecule has 4 aliphatic rings. The maximum Gasteiger partial charge on any atom is 0.0577 e. The van der Waals surface area contributed by atoms with E-state index in [4.69, 9.17) is 0 Å². The summed E-state index contributed by atoms with van der Waals surface area (Å²) in [6.45, 7) is 5.13. The standard InChI is InChI=1S/C19H32O/c1-18-9-5-7-14(18)17-15(8-11-18)19(2)10-4-3-6-13(19)12-16(17)20/h13-17,20H,3-12H2,1-2H3/t13?,14?,15?,16-,17?,18?,19?/m0/s1. The third kappa shape index (κ3) is 1.71. The van der Waals surface area contributed by atoms with Gasteiger partial charge in [0.15, 0.2) is 0 Å². The molecule has 0 radical (unpaired) electrons. The van der Waals surface area contributed by atoms with Gasteiger partial charge in [-0.2, -0.15) is 0 Å². The monoisotopic (exact) mass is 276 g/mol. The van der Waals surface area contributed by atoms with Crippen molar-refractivity contribution in [2.45, 2.75) is 84.2 Å². The molecule has 7 atom stereocenters. The van der Waals surface area contributed by atoms with Gasteiger partial charge >= 0.3 is 0 Å². The predicted molar refractivity (Wildman–Crippen MR) is 82.4 cm³/mol. The first kappa shape index (κ1) is 13.6. The lowest BCUT2D eigenvalue weighted by Gasteiger charge is -2.61. The molecule has 4 saturated carbocycles. The van der Waals surface area contributed by atoms with Crippen LogP contribution in [-0.2, 0) is 0 Å². The Morgan fingerprint density at radius 3 is 2.55 bits per heavy atom. The number of fused-ring (bicyclic) bond motifs is 5. The molecule has 0 spiro atoms. The van der Waals surface area contributed by atoms with Crippen LogP contribution in [0.25, 0.3) is 0 Å². The summed E-state index contributed by atoms with van der Waals surface area (Å²) in [6, 6.07) is 0. The Bertz CT molecular complexity index is 391. The Morgan fingerprint density at radius 1 is 0.850 bits per heavy atom. The van der Waals surface area contributed by atoms with Crippen LogP contribution in [0.3, 0.4) is 0 Å². The molecule has 20 heavy (non-hydrogen) atoms. The maximum absolute atomic E-state index is 10.9. The highest BCUT2D eigenvalue weighted by molar-refractivity contribution is 5.09. The van der Waals surface area contributed by atoms with Crippen molar-refractivity contribution in [3.05, 3.63) is 0 Å². The molecule has 0 aromatic carbocycles. The molecule has 0 aromatic heterocycles. The second kappa shape index (κ2) is 4.48. The van der Waals surface area contributed by atoms with E-state index in [0.29, 0.717) is 16.7 Å². The number of aliphatic hydroxyl groups excluding tert-OH is 1. The minimum atomic E-state index is 0.0129. The minimum absolute atomic E-state index is 0.0129. The first-order valence-corrected chi connectivity index (χ1v) is 9.23. The highest BCUT2D eigenvalue weighted by atomic mass is 16.3. The van der Waals surface area contributed by atoms with Crippen molar-refractivity contribution >= 4 is 0 Å². The highest BCUT2D eigenvalue weighted by Crippen LogP contribution is 2.66. The van der Waals surface area contributed by atoms with E-state index in [1.54, 1.807) is 0 Å². The van der Waals surface area contributed by atoms with Gasteiger partial charge in [0, 0.05) is 0 Å². The predicted octanol–water partition coefficient (Wildman–Crippen LogP) is 4.78. The topological polar surface area (TPSA) is 20.2 Å². The second-order valence-electron chi connectivity index (χ2n) is 9.13. The van der Waals surface area contributed by atoms with Crippen LogP contribution in [0.5, 0.6) is 0 Å². The zero-order valence-electron chi connectivity index (χ0n) is 13.4. The fourth-order valence-corrected chi connectivity index (χ4v) is 7.25. The van der Waals surface area contributed by atoms with Crippen LogP contribution in [0.15, 0.2) is 0 Å². The molecule has 4 aliphatic carbocycles. The Balaban J connectivity index is 1.69. The van der Waals surface area contributed by atoms with Crippen molar-refractivity contribution in [1.29, 1.82) is 0 Å². The fraction of sp³-hybridized carbons (Fsp3) is 1.00. The van der Waals surface area contributed by atoms with Crippen molar-refractivity contribution in [1.82, 2.24) is 0 Å². The van der Waals surface area contributed by atoms with E-state index in [2.05, 4.69) is 13.8 Å². The summed E-state index contributed by atoms with van der Waals surface area (Å²) in [7, 11) is 0. The Morgan fingerprint density at radius 2 is 1.70 bits per heavy atom. The SMILES string of the molecule is CC12CCCC1C1C(CC2)C2(C)CCCCC2C[C@@H]1O. The Hall–Kier alpha value is -0.0400. The average Bonchev–Trinajstić information content (AvgIpc) is 2.81.